The first-order chi connectivity index (χ1) is 13.4. The van der Waals surface area contributed by atoms with Gasteiger partial charge in [-0.3, -0.25) is 0 Å². The Hall–Kier alpha value is -2.38. The Bertz CT molecular complexity index is 1400. The fraction of sp³-hybridized carbons (Fsp3) is 0. The van der Waals surface area contributed by atoms with Crippen molar-refractivity contribution in [2.75, 3.05) is 0 Å². The molecule has 108 valence electrons. The summed E-state index contributed by atoms with van der Waals surface area (Å²) in [7, 11) is 0. The van der Waals surface area contributed by atoms with Gasteiger partial charge in [-0.05, 0) is 49.5 Å². The minimum Gasteiger partial charge on any atom is -0.0622 e. The highest BCUT2D eigenvalue weighted by Crippen LogP contribution is 2.40. The van der Waals surface area contributed by atoms with Crippen molar-refractivity contribution < 1.29 is 6.85 Å². The summed E-state index contributed by atoms with van der Waals surface area (Å²) in [4.78, 5) is 0. The third-order valence-electron chi connectivity index (χ3n) is 4.38. The summed E-state index contributed by atoms with van der Waals surface area (Å²) in [6, 6.07) is 14.7. The molecule has 0 unspecified atom stereocenters. The van der Waals surface area contributed by atoms with Crippen LogP contribution in [-0.4, -0.2) is 0 Å². The fourth-order valence-electron chi connectivity index (χ4n) is 3.37. The van der Waals surface area contributed by atoms with Crippen molar-refractivity contribution in [3.05, 3.63) is 83.2 Å². The van der Waals surface area contributed by atoms with Crippen LogP contribution < -0.4 is 0 Å². The second-order valence-corrected chi connectivity index (χ2v) is 6.44. The highest BCUT2D eigenvalue weighted by molar-refractivity contribution is 9.10. The fourth-order valence-corrected chi connectivity index (χ4v) is 3.83. The molecule has 1 heteroatoms. The molecule has 0 fully saturated rings. The van der Waals surface area contributed by atoms with Gasteiger partial charge in [0, 0.05) is 4.47 Å². The molecular weight excluding hydrogens is 344 g/mol. The Morgan fingerprint density at radius 3 is 2.04 bits per heavy atom. The average molecular weight is 362 g/mol. The van der Waals surface area contributed by atoms with Gasteiger partial charge in [-0.25, -0.2) is 0 Å². The molecule has 0 aromatic heterocycles. The third kappa shape index (κ3) is 1.83. The van der Waals surface area contributed by atoms with Gasteiger partial charge in [0.25, 0.3) is 0 Å². The predicted molar refractivity (Wildman–Crippen MR) is 103 cm³/mol. The van der Waals surface area contributed by atoms with Crippen LogP contribution in [0.1, 0.15) is 6.85 Å². The van der Waals surface area contributed by atoms with Crippen LogP contribution in [0.2, 0.25) is 0 Å². The van der Waals surface area contributed by atoms with E-state index in [4.69, 9.17) is 6.85 Å². The smallest absolute Gasteiger partial charge is 0.0622 e. The standard InChI is InChI=1S/C22H13Br/c23-20-13-9-16-7-11-18-17(14-4-2-1-3-5-14)10-6-15-8-12-19(20)22(16)21(15)18/h1-13H/i1D,2D,3D,4D,5D. The van der Waals surface area contributed by atoms with Crippen LogP contribution in [0.5, 0.6) is 0 Å². The van der Waals surface area contributed by atoms with Gasteiger partial charge >= 0.3 is 0 Å². The quantitative estimate of drug-likeness (QED) is 0.281. The summed E-state index contributed by atoms with van der Waals surface area (Å²) in [6.45, 7) is 0. The van der Waals surface area contributed by atoms with Crippen LogP contribution in [0, 0.1) is 0 Å². The number of rotatable bonds is 1. The number of hydrogen-bond acceptors (Lipinski definition) is 0. The summed E-state index contributed by atoms with van der Waals surface area (Å²) in [6.07, 6.45) is 0. The first-order valence-corrected chi connectivity index (χ1v) is 8.12. The maximum absolute atomic E-state index is 8.36. The lowest BCUT2D eigenvalue weighted by molar-refractivity contribution is 1.66. The Morgan fingerprint density at radius 1 is 0.652 bits per heavy atom. The van der Waals surface area contributed by atoms with Crippen LogP contribution >= 0.6 is 15.9 Å². The van der Waals surface area contributed by atoms with E-state index in [9.17, 15) is 0 Å². The Labute approximate surface area is 149 Å². The molecule has 0 saturated carbocycles. The molecule has 0 aliphatic rings. The summed E-state index contributed by atoms with van der Waals surface area (Å²) < 4.78 is 41.6. The largest absolute Gasteiger partial charge is 0.0629 e. The zero-order valence-corrected chi connectivity index (χ0v) is 13.6. The SMILES string of the molecule is [2H]c1c([2H])c([2H])c(-c2ccc3ccc4c(Br)ccc5ccc2c3c54)c([2H])c1[2H]. The molecule has 0 aliphatic heterocycles. The van der Waals surface area contributed by atoms with E-state index in [0.29, 0.717) is 5.56 Å². The minimum atomic E-state index is -0.375. The van der Waals surface area contributed by atoms with Crippen molar-refractivity contribution in [1.82, 2.24) is 0 Å². The molecule has 0 saturated heterocycles. The second-order valence-electron chi connectivity index (χ2n) is 5.58. The molecule has 0 heterocycles. The Balaban J connectivity index is 2.00. The van der Waals surface area contributed by atoms with E-state index in [1.165, 1.54) is 0 Å². The van der Waals surface area contributed by atoms with E-state index >= 15 is 0 Å². The predicted octanol–water partition coefficient (Wildman–Crippen LogP) is 7.01. The number of halogens is 1. The topological polar surface area (TPSA) is 0 Å². The van der Waals surface area contributed by atoms with Gasteiger partial charge in [-0.15, -0.1) is 0 Å². The van der Waals surface area contributed by atoms with Crippen LogP contribution in [-0.2, 0) is 0 Å². The summed E-state index contributed by atoms with van der Waals surface area (Å²) in [5.74, 6) is 0. The maximum atomic E-state index is 8.36. The van der Waals surface area contributed by atoms with E-state index < -0.39 is 0 Å². The van der Waals surface area contributed by atoms with Gasteiger partial charge in [0.15, 0.2) is 0 Å². The van der Waals surface area contributed by atoms with Crippen LogP contribution in [0.4, 0.5) is 0 Å². The van der Waals surface area contributed by atoms with Gasteiger partial charge in [0.05, 0.1) is 6.85 Å². The molecule has 0 nitrogen and oxygen atoms in total. The highest BCUT2D eigenvalue weighted by Gasteiger charge is 2.12. The van der Waals surface area contributed by atoms with Crippen molar-refractivity contribution in [2.45, 2.75) is 0 Å². The van der Waals surface area contributed by atoms with Crippen LogP contribution in [0.25, 0.3) is 43.4 Å². The molecule has 23 heavy (non-hydrogen) atoms. The highest BCUT2D eigenvalue weighted by atomic mass is 79.9. The summed E-state index contributed by atoms with van der Waals surface area (Å²) in [5.41, 5.74) is 0.891. The molecule has 5 aromatic carbocycles. The van der Waals surface area contributed by atoms with Crippen LogP contribution in [0.3, 0.4) is 0 Å². The van der Waals surface area contributed by atoms with Crippen molar-refractivity contribution in [1.29, 1.82) is 0 Å². The molecule has 0 amide bonds. The lowest BCUT2D eigenvalue weighted by atomic mass is 9.90. The Kier molecular flexibility index (Phi) is 1.89. The van der Waals surface area contributed by atoms with Crippen molar-refractivity contribution >= 4 is 48.2 Å². The lowest BCUT2D eigenvalue weighted by Gasteiger charge is -2.14. The third-order valence-corrected chi connectivity index (χ3v) is 5.07. The van der Waals surface area contributed by atoms with E-state index in [2.05, 4.69) is 34.1 Å². The van der Waals surface area contributed by atoms with E-state index in [1.807, 2.05) is 30.3 Å². The first-order valence-electron chi connectivity index (χ1n) is 9.83. The van der Waals surface area contributed by atoms with Gasteiger partial charge in [0.1, 0.15) is 0 Å². The minimum absolute atomic E-state index is 0.179. The molecule has 0 spiro atoms. The average Bonchev–Trinajstić information content (AvgIpc) is 2.71. The molecule has 0 N–H and O–H groups in total. The normalized spacial score (nSPS) is 14.7. The molecular formula is C22H13Br. The Morgan fingerprint density at radius 2 is 1.26 bits per heavy atom. The first kappa shape index (κ1) is 9.05. The van der Waals surface area contributed by atoms with Gasteiger partial charge < -0.3 is 0 Å². The summed E-state index contributed by atoms with van der Waals surface area (Å²) in [5, 5.41) is 6.29. The van der Waals surface area contributed by atoms with Crippen LogP contribution in [0.15, 0.2) is 83.2 Å². The van der Waals surface area contributed by atoms with Crippen molar-refractivity contribution in [3.63, 3.8) is 0 Å². The van der Waals surface area contributed by atoms with Crippen molar-refractivity contribution in [3.8, 4) is 11.1 Å². The molecule has 0 aliphatic carbocycles. The molecule has 5 aromatic rings. The molecule has 0 bridgehead atoms. The molecule has 0 radical (unpaired) electrons. The number of hydrogen-bond donors (Lipinski definition) is 0. The van der Waals surface area contributed by atoms with E-state index in [1.54, 1.807) is 0 Å². The summed E-state index contributed by atoms with van der Waals surface area (Å²) >= 11 is 3.62. The lowest BCUT2D eigenvalue weighted by Crippen LogP contribution is -1.87. The zero-order valence-electron chi connectivity index (χ0n) is 17.0. The van der Waals surface area contributed by atoms with E-state index in [0.717, 1.165) is 36.8 Å². The van der Waals surface area contributed by atoms with E-state index in [-0.39, 0.29) is 35.8 Å². The van der Waals surface area contributed by atoms with Crippen molar-refractivity contribution in [2.24, 2.45) is 0 Å². The van der Waals surface area contributed by atoms with Gasteiger partial charge in [-0.2, -0.15) is 0 Å². The number of benzene rings is 5. The zero-order chi connectivity index (χ0) is 19.7. The maximum Gasteiger partial charge on any atom is 0.0629 e. The van der Waals surface area contributed by atoms with Gasteiger partial charge in [-0.1, -0.05) is 88.6 Å². The monoisotopic (exact) mass is 361 g/mol. The second kappa shape index (κ2) is 4.81. The molecule has 5 rings (SSSR count). The van der Waals surface area contributed by atoms with Gasteiger partial charge in [0.2, 0.25) is 0 Å². The molecule has 0 atom stereocenters.